The first-order chi connectivity index (χ1) is 33.7. The van der Waals surface area contributed by atoms with Crippen LogP contribution in [0.25, 0.3) is 32.7 Å². The molecule has 71 heavy (non-hydrogen) atoms. The lowest BCUT2D eigenvalue weighted by molar-refractivity contribution is -0.112. The monoisotopic (exact) mass is 966 g/mol. The van der Waals surface area contributed by atoms with Gasteiger partial charge in [-0.2, -0.15) is 0 Å². The summed E-state index contributed by atoms with van der Waals surface area (Å²) in [6, 6.07) is 58.4. The lowest BCUT2D eigenvalue weighted by atomic mass is 10.1. The first-order valence-corrected chi connectivity index (χ1v) is 22.6. The minimum absolute atomic E-state index is 0. The van der Waals surface area contributed by atoms with Gasteiger partial charge in [0, 0.05) is 90.0 Å². The minimum Gasteiger partial charge on any atom is -0.361 e. The predicted molar refractivity (Wildman–Crippen MR) is 289 cm³/mol. The highest BCUT2D eigenvalue weighted by molar-refractivity contribution is 6.48. The number of pyridine rings is 2. The van der Waals surface area contributed by atoms with Crippen molar-refractivity contribution in [3.63, 3.8) is 0 Å². The standard InChI is InChI=1S/C22H16FN3O2.C15H13N.C8H7N.C7H6ClF.C6H7N.2CH4/c23-16-7-5-15(6-8-16)13-26-14-19(18-3-1-2-4-20(18)26)21(27)22(28)25-17-9-11-24-12-10-17;1-2-6-13(7-3-1)12-16-11-10-14-8-4-5-9-15(14)16;1-2-4-8-7(3-1)5-6-9-8;8-5-6-1-3-7(9)4-2-6;1-6-2-4-7-5-3-6;;/h1-12,14H,13H2,(H,24,25,28);1-11H,12H2;1-6,9H;1-4H,5H2;2-5H,1H3;2*1H4. The molecule has 2 N–H and O–H groups in total. The number of aromatic nitrogens is 5. The van der Waals surface area contributed by atoms with Crippen LogP contribution in [0.4, 0.5) is 14.5 Å². The number of hydrogen-bond acceptors (Lipinski definition) is 4. The van der Waals surface area contributed by atoms with Crippen LogP contribution in [0.5, 0.6) is 0 Å². The molecule has 0 radical (unpaired) electrons. The number of fused-ring (bicyclic) bond motifs is 3. The molecule has 0 bridgehead atoms. The summed E-state index contributed by atoms with van der Waals surface area (Å²) in [5.41, 5.74) is 8.59. The van der Waals surface area contributed by atoms with Crippen LogP contribution < -0.4 is 5.32 Å². The number of H-pyrrole nitrogens is 1. The molecule has 8 nitrogen and oxygen atoms in total. The van der Waals surface area contributed by atoms with E-state index in [1.165, 1.54) is 69.6 Å². The van der Waals surface area contributed by atoms with E-state index in [9.17, 15) is 18.4 Å². The number of nitrogens with zero attached hydrogens (tertiary/aromatic N) is 4. The van der Waals surface area contributed by atoms with E-state index in [-0.39, 0.29) is 26.5 Å². The van der Waals surface area contributed by atoms with Gasteiger partial charge >= 0.3 is 0 Å². The third-order valence-electron chi connectivity index (χ3n) is 10.7. The molecule has 5 aromatic heterocycles. The van der Waals surface area contributed by atoms with Crippen molar-refractivity contribution in [2.75, 3.05) is 5.32 Å². The van der Waals surface area contributed by atoms with Crippen LogP contribution in [0.1, 0.15) is 47.5 Å². The van der Waals surface area contributed by atoms with Gasteiger partial charge in [0.2, 0.25) is 0 Å². The number of ketones is 1. The minimum atomic E-state index is -0.712. The van der Waals surface area contributed by atoms with Crippen LogP contribution in [0, 0.1) is 18.6 Å². The van der Waals surface area contributed by atoms with E-state index >= 15 is 0 Å². The Labute approximate surface area is 419 Å². The summed E-state index contributed by atoms with van der Waals surface area (Å²) in [5, 5.41) is 5.86. The van der Waals surface area contributed by atoms with Crippen molar-refractivity contribution >= 4 is 61.7 Å². The van der Waals surface area contributed by atoms with Crippen LogP contribution in [0.2, 0.25) is 0 Å². The van der Waals surface area contributed by atoms with Crippen molar-refractivity contribution in [3.8, 4) is 0 Å². The van der Waals surface area contributed by atoms with E-state index < -0.39 is 11.7 Å². The molecule has 0 aliphatic carbocycles. The summed E-state index contributed by atoms with van der Waals surface area (Å²) in [6.07, 6.45) is 12.4. The van der Waals surface area contributed by atoms with Crippen molar-refractivity contribution in [1.82, 2.24) is 24.1 Å². The topological polar surface area (TPSA) is 97.6 Å². The van der Waals surface area contributed by atoms with Crippen LogP contribution in [-0.2, 0) is 23.8 Å². The summed E-state index contributed by atoms with van der Waals surface area (Å²) in [5.74, 6) is -1.41. The van der Waals surface area contributed by atoms with E-state index in [2.05, 4.69) is 110 Å². The van der Waals surface area contributed by atoms with E-state index in [0.717, 1.165) is 23.2 Å². The average molecular weight is 968 g/mol. The van der Waals surface area contributed by atoms with Gasteiger partial charge in [-0.25, -0.2) is 8.78 Å². The largest absolute Gasteiger partial charge is 0.361 e. The van der Waals surface area contributed by atoms with Gasteiger partial charge in [0.15, 0.2) is 0 Å². The zero-order chi connectivity index (χ0) is 48.2. The molecule has 360 valence electrons. The fourth-order valence-electron chi connectivity index (χ4n) is 7.14. The number of aryl methyl sites for hydroxylation is 1. The van der Waals surface area contributed by atoms with Gasteiger partial charge in [0.05, 0.1) is 5.56 Å². The summed E-state index contributed by atoms with van der Waals surface area (Å²) >= 11 is 5.46. The predicted octanol–water partition coefficient (Wildman–Crippen LogP) is 15.1. The molecule has 6 aromatic carbocycles. The van der Waals surface area contributed by atoms with Crippen molar-refractivity contribution in [3.05, 3.63) is 271 Å². The molecule has 0 spiro atoms. The maximum Gasteiger partial charge on any atom is 0.296 e. The molecule has 0 aliphatic heterocycles. The third-order valence-corrected chi connectivity index (χ3v) is 11.0. The van der Waals surface area contributed by atoms with Crippen molar-refractivity contribution < 1.29 is 18.4 Å². The first kappa shape index (κ1) is 53.5. The Morgan fingerprint density at radius 3 is 1.72 bits per heavy atom. The van der Waals surface area contributed by atoms with Gasteiger partial charge in [-0.1, -0.05) is 124 Å². The zero-order valence-electron chi connectivity index (χ0n) is 37.8. The number of aromatic amines is 1. The molecule has 11 aromatic rings. The fraction of sp³-hybridized carbons (Fsp3) is 0.100. The number of nitrogens with one attached hydrogen (secondary N) is 2. The number of para-hydroxylation sites is 3. The summed E-state index contributed by atoms with van der Waals surface area (Å²) in [6.45, 7) is 3.44. The second kappa shape index (κ2) is 27.5. The maximum atomic E-state index is 13.2. The number of amides is 1. The highest BCUT2D eigenvalue weighted by Gasteiger charge is 2.22. The number of hydrogen-bond donors (Lipinski definition) is 2. The third kappa shape index (κ3) is 15.8. The van der Waals surface area contributed by atoms with Crippen molar-refractivity contribution in [1.29, 1.82) is 0 Å². The molecule has 0 atom stereocenters. The fourth-order valence-corrected chi connectivity index (χ4v) is 7.32. The Balaban J connectivity index is 0.000000183. The highest BCUT2D eigenvalue weighted by atomic mass is 35.5. The van der Waals surface area contributed by atoms with Gasteiger partial charge in [-0.15, -0.1) is 11.6 Å². The molecule has 5 heterocycles. The maximum absolute atomic E-state index is 13.2. The van der Waals surface area contributed by atoms with Gasteiger partial charge in [-0.05, 0) is 119 Å². The molecule has 0 saturated carbocycles. The van der Waals surface area contributed by atoms with Crippen LogP contribution in [0.3, 0.4) is 0 Å². The molecule has 11 rings (SSSR count). The summed E-state index contributed by atoms with van der Waals surface area (Å²) in [7, 11) is 0. The molecule has 0 aliphatic rings. The van der Waals surface area contributed by atoms with Gasteiger partial charge in [0.25, 0.3) is 11.7 Å². The van der Waals surface area contributed by atoms with Crippen LogP contribution in [0.15, 0.2) is 231 Å². The summed E-state index contributed by atoms with van der Waals surface area (Å²) in [4.78, 5) is 36.1. The zero-order valence-corrected chi connectivity index (χ0v) is 38.6. The molecule has 0 fully saturated rings. The SMILES string of the molecule is C.C.Cc1ccncc1.Fc1ccc(CCl)cc1.O=C(Nc1ccncc1)C(=O)c1cn(Cc2ccc(F)cc2)c2ccccc12.c1ccc(Cn2ccc3ccccc32)cc1.c1ccc2[nH]ccc2c1. The number of benzene rings is 6. The number of anilines is 1. The quantitative estimate of drug-likeness (QED) is 0.0900. The Morgan fingerprint density at radius 2 is 1.10 bits per heavy atom. The molecular weight excluding hydrogens is 910 g/mol. The smallest absolute Gasteiger partial charge is 0.296 e. The molecule has 0 unspecified atom stereocenters. The average Bonchev–Trinajstić information content (AvgIpc) is 4.14. The summed E-state index contributed by atoms with van der Waals surface area (Å²) < 4.78 is 29.5. The number of alkyl halides is 1. The van der Waals surface area contributed by atoms with Crippen molar-refractivity contribution in [2.45, 2.75) is 40.7 Å². The van der Waals surface area contributed by atoms with Gasteiger partial charge in [0.1, 0.15) is 11.6 Å². The lowest BCUT2D eigenvalue weighted by Gasteiger charge is -2.05. The van der Waals surface area contributed by atoms with Gasteiger partial charge < -0.3 is 19.4 Å². The van der Waals surface area contributed by atoms with Crippen LogP contribution >= 0.6 is 11.6 Å². The Morgan fingerprint density at radius 1 is 0.563 bits per heavy atom. The van der Waals surface area contributed by atoms with E-state index in [1.807, 2.05) is 66.2 Å². The molecule has 1 amide bonds. The van der Waals surface area contributed by atoms with Crippen LogP contribution in [-0.4, -0.2) is 35.8 Å². The highest BCUT2D eigenvalue weighted by Crippen LogP contribution is 2.24. The second-order valence-electron chi connectivity index (χ2n) is 15.7. The first-order valence-electron chi connectivity index (χ1n) is 22.1. The van der Waals surface area contributed by atoms with Gasteiger partial charge in [-0.3, -0.25) is 19.6 Å². The lowest BCUT2D eigenvalue weighted by Crippen LogP contribution is -2.22. The van der Waals surface area contributed by atoms with Crippen molar-refractivity contribution in [2.24, 2.45) is 0 Å². The number of halogens is 3. The molecule has 11 heteroatoms. The Bertz CT molecular complexity index is 3270. The Hall–Kier alpha value is -8.47. The second-order valence-corrected chi connectivity index (χ2v) is 15.9. The number of carbonyl (C=O) groups excluding carboxylic acids is 2. The number of rotatable bonds is 8. The van der Waals surface area contributed by atoms with E-state index in [1.54, 1.807) is 55.0 Å². The normalized spacial score (nSPS) is 10.0. The Kier molecular flexibility index (Phi) is 20.7. The van der Waals surface area contributed by atoms with E-state index in [4.69, 9.17) is 11.6 Å². The van der Waals surface area contributed by atoms with E-state index in [0.29, 0.717) is 29.1 Å². The molecule has 0 saturated heterocycles. The number of Topliss-reactive ketones (excluding diaryl/α,β-unsaturated/α-hetero) is 1. The molecular formula is C60H57ClF2N6O2. The number of carbonyl (C=O) groups is 2.